The normalized spacial score (nSPS) is 7.54. The van der Waals surface area contributed by atoms with Gasteiger partial charge in [-0.15, -0.1) is 29.3 Å². The molecule has 1 rings (SSSR count). The minimum absolute atomic E-state index is 0. The third-order valence-corrected chi connectivity index (χ3v) is 1.29. The first-order valence-electron chi connectivity index (χ1n) is 2.69. The SMILES string of the molecule is Nc1cc(Cl)n[c-]c1Cl.O=CO.[Na+]. The number of hydrogen-bond donors (Lipinski definition) is 2. The first-order valence-corrected chi connectivity index (χ1v) is 3.44. The fraction of sp³-hybridized carbons (Fsp3) is 0. The second kappa shape index (κ2) is 8.59. The zero-order valence-electron chi connectivity index (χ0n) is 6.79. The molecule has 0 spiro atoms. The quantitative estimate of drug-likeness (QED) is 0.246. The van der Waals surface area contributed by atoms with Crippen LogP contribution in [0.5, 0.6) is 0 Å². The number of carboxylic acid groups (broad SMARTS) is 1. The Kier molecular flexibility index (Phi) is 10.2. The number of rotatable bonds is 0. The molecule has 66 valence electrons. The van der Waals surface area contributed by atoms with E-state index in [-0.39, 0.29) is 36.0 Å². The molecule has 0 bridgehead atoms. The molecule has 0 aliphatic heterocycles. The van der Waals surface area contributed by atoms with E-state index in [1.54, 1.807) is 0 Å². The largest absolute Gasteiger partial charge is 1.00 e. The maximum Gasteiger partial charge on any atom is 1.00 e. The van der Waals surface area contributed by atoms with Crippen molar-refractivity contribution >= 4 is 35.4 Å². The van der Waals surface area contributed by atoms with E-state index in [4.69, 9.17) is 38.8 Å². The molecule has 0 aromatic carbocycles. The monoisotopic (exact) mass is 230 g/mol. The van der Waals surface area contributed by atoms with Crippen molar-refractivity contribution < 1.29 is 39.5 Å². The van der Waals surface area contributed by atoms with E-state index >= 15 is 0 Å². The van der Waals surface area contributed by atoms with Crippen molar-refractivity contribution in [2.75, 3.05) is 5.73 Å². The van der Waals surface area contributed by atoms with Crippen molar-refractivity contribution in [1.29, 1.82) is 0 Å². The van der Waals surface area contributed by atoms with Crippen LogP contribution in [-0.2, 0) is 4.79 Å². The molecule has 0 aliphatic rings. The number of pyridine rings is 1. The van der Waals surface area contributed by atoms with Crippen molar-refractivity contribution in [2.45, 2.75) is 0 Å². The molecule has 0 saturated heterocycles. The molecule has 13 heavy (non-hydrogen) atoms. The zero-order valence-corrected chi connectivity index (χ0v) is 10.3. The van der Waals surface area contributed by atoms with Gasteiger partial charge in [0.1, 0.15) is 0 Å². The van der Waals surface area contributed by atoms with Crippen LogP contribution in [0, 0.1) is 6.20 Å². The average Bonchev–Trinajstić information content (AvgIpc) is 1.99. The van der Waals surface area contributed by atoms with Crippen LogP contribution in [0.3, 0.4) is 0 Å². The van der Waals surface area contributed by atoms with Gasteiger partial charge in [0.2, 0.25) is 0 Å². The molecule has 1 aromatic rings. The van der Waals surface area contributed by atoms with Gasteiger partial charge in [-0.1, -0.05) is 11.9 Å². The Morgan fingerprint density at radius 1 is 1.62 bits per heavy atom. The third kappa shape index (κ3) is 7.10. The minimum atomic E-state index is -0.250. The molecule has 0 radical (unpaired) electrons. The number of nitrogens with two attached hydrogens (primary N) is 1. The predicted molar refractivity (Wildman–Crippen MR) is 46.2 cm³/mol. The van der Waals surface area contributed by atoms with Crippen LogP contribution in [0.25, 0.3) is 0 Å². The smallest absolute Gasteiger partial charge is 0.483 e. The second-order valence-electron chi connectivity index (χ2n) is 1.57. The maximum absolute atomic E-state index is 8.36. The molecular weight excluding hydrogens is 226 g/mol. The molecule has 0 atom stereocenters. The number of hydrogen-bond acceptors (Lipinski definition) is 3. The van der Waals surface area contributed by atoms with E-state index in [0.29, 0.717) is 15.9 Å². The molecule has 1 heterocycles. The summed E-state index contributed by atoms with van der Waals surface area (Å²) in [5.41, 5.74) is 5.73. The minimum Gasteiger partial charge on any atom is -0.483 e. The van der Waals surface area contributed by atoms with Crippen LogP contribution < -0.4 is 35.3 Å². The molecule has 3 N–H and O–H groups in total. The maximum atomic E-state index is 8.36. The Morgan fingerprint density at radius 3 is 2.38 bits per heavy atom. The topological polar surface area (TPSA) is 76.2 Å². The summed E-state index contributed by atoms with van der Waals surface area (Å²) >= 11 is 10.9. The standard InChI is InChI=1S/C5H3Cl2N2.CH2O2.Na/c6-3-2-9-5(7)1-4(3)8;2-1-3;/h1H,(H2,8,9);1H,(H,2,3);/q-1;;+1. The van der Waals surface area contributed by atoms with E-state index < -0.39 is 0 Å². The van der Waals surface area contributed by atoms with Crippen LogP contribution in [0.1, 0.15) is 0 Å². The van der Waals surface area contributed by atoms with Gasteiger partial charge in [0.15, 0.2) is 0 Å². The van der Waals surface area contributed by atoms with Crippen molar-refractivity contribution in [2.24, 2.45) is 0 Å². The number of halogens is 2. The number of carbonyl (C=O) groups is 1. The summed E-state index contributed by atoms with van der Waals surface area (Å²) < 4.78 is 0. The molecule has 0 aliphatic carbocycles. The van der Waals surface area contributed by atoms with Crippen LogP contribution >= 0.6 is 23.2 Å². The van der Waals surface area contributed by atoms with Crippen molar-refractivity contribution in [3.8, 4) is 0 Å². The summed E-state index contributed by atoms with van der Waals surface area (Å²) in [5, 5.41) is 7.50. The number of anilines is 1. The fourth-order valence-corrected chi connectivity index (χ4v) is 0.648. The van der Waals surface area contributed by atoms with Crippen molar-refractivity contribution in [3.63, 3.8) is 0 Å². The second-order valence-corrected chi connectivity index (χ2v) is 2.33. The zero-order chi connectivity index (χ0) is 9.56. The molecule has 0 saturated carbocycles. The van der Waals surface area contributed by atoms with Crippen LogP contribution in [-0.4, -0.2) is 16.6 Å². The predicted octanol–water partition coefficient (Wildman–Crippen LogP) is -1.52. The fourth-order valence-electron chi connectivity index (χ4n) is 0.391. The Hall–Kier alpha value is -0.000000000000000222. The first-order chi connectivity index (χ1) is 5.61. The Bertz CT molecular complexity index is 273. The van der Waals surface area contributed by atoms with Gasteiger partial charge in [-0.25, -0.2) is 0 Å². The van der Waals surface area contributed by atoms with Gasteiger partial charge in [-0.2, -0.15) is 0 Å². The van der Waals surface area contributed by atoms with Gasteiger partial charge in [0.25, 0.3) is 6.47 Å². The van der Waals surface area contributed by atoms with Crippen molar-refractivity contribution in [3.05, 3.63) is 22.4 Å². The number of nitrogen functional groups attached to an aromatic ring is 1. The Morgan fingerprint density at radius 2 is 2.08 bits per heavy atom. The molecule has 1 aromatic heterocycles. The van der Waals surface area contributed by atoms with Crippen molar-refractivity contribution in [1.82, 2.24) is 4.98 Å². The van der Waals surface area contributed by atoms with Gasteiger partial charge in [-0.3, -0.25) is 4.79 Å². The Labute approximate surface area is 107 Å². The van der Waals surface area contributed by atoms with E-state index in [9.17, 15) is 0 Å². The van der Waals surface area contributed by atoms with Crippen LogP contribution in [0.15, 0.2) is 6.07 Å². The number of nitrogens with zero attached hydrogens (tertiary/aromatic N) is 1. The molecular formula is C6H5Cl2N2NaO2. The molecule has 7 heteroatoms. The summed E-state index contributed by atoms with van der Waals surface area (Å²) in [4.78, 5) is 11.9. The van der Waals surface area contributed by atoms with E-state index in [2.05, 4.69) is 11.2 Å². The van der Waals surface area contributed by atoms with Gasteiger partial charge < -0.3 is 15.8 Å². The summed E-state index contributed by atoms with van der Waals surface area (Å²) in [6.07, 6.45) is 2.43. The van der Waals surface area contributed by atoms with Gasteiger partial charge in [0.05, 0.1) is 0 Å². The average molecular weight is 231 g/mol. The van der Waals surface area contributed by atoms with Crippen LogP contribution in [0.2, 0.25) is 10.2 Å². The number of aromatic nitrogens is 1. The summed E-state index contributed by atoms with van der Waals surface area (Å²) in [6, 6.07) is 1.47. The molecule has 0 amide bonds. The Balaban J connectivity index is 0. The molecule has 4 nitrogen and oxygen atoms in total. The van der Waals surface area contributed by atoms with E-state index in [1.165, 1.54) is 6.07 Å². The summed E-state index contributed by atoms with van der Waals surface area (Å²) in [5.74, 6) is 0. The van der Waals surface area contributed by atoms with Gasteiger partial charge >= 0.3 is 29.6 Å². The molecule has 0 fully saturated rings. The third-order valence-electron chi connectivity index (χ3n) is 0.789. The molecule has 0 unspecified atom stereocenters. The van der Waals surface area contributed by atoms with Crippen LogP contribution in [0.4, 0.5) is 5.69 Å². The van der Waals surface area contributed by atoms with Gasteiger partial charge in [0, 0.05) is 5.15 Å². The summed E-state index contributed by atoms with van der Waals surface area (Å²) in [6.45, 7) is -0.250. The summed E-state index contributed by atoms with van der Waals surface area (Å²) in [7, 11) is 0. The van der Waals surface area contributed by atoms with E-state index in [1.807, 2.05) is 0 Å². The van der Waals surface area contributed by atoms with E-state index in [0.717, 1.165) is 0 Å². The van der Waals surface area contributed by atoms with Gasteiger partial charge in [-0.05, 0) is 5.02 Å². The first kappa shape index (κ1) is 15.5.